The molecule has 0 radical (unpaired) electrons. The number of thiocarbonyl (C=S) groups is 1. The highest BCUT2D eigenvalue weighted by Crippen LogP contribution is 2.25. The molecule has 0 amide bonds. The normalized spacial score (nSPS) is 11.2. The molecule has 0 spiro atoms. The minimum atomic E-state index is 0.0954. The van der Waals surface area contributed by atoms with Gasteiger partial charge in [-0.05, 0) is 35.9 Å². The minimum absolute atomic E-state index is 0.0954. The lowest BCUT2D eigenvalue weighted by atomic mass is 10.1. The number of nitriles is 1. The number of nitrogens with two attached hydrogens (primary N) is 1. The molecule has 1 aromatic carbocycles. The summed E-state index contributed by atoms with van der Waals surface area (Å²) < 4.78 is 1.96. The van der Waals surface area contributed by atoms with Crippen molar-refractivity contribution in [2.45, 2.75) is 0 Å². The van der Waals surface area contributed by atoms with Crippen LogP contribution in [0.4, 0.5) is 0 Å². The van der Waals surface area contributed by atoms with E-state index in [1.807, 2.05) is 54.1 Å². The molecular weight excluding hydrogens is 290 g/mol. The Morgan fingerprint density at radius 2 is 2.15 bits per heavy atom. The van der Waals surface area contributed by atoms with Crippen molar-refractivity contribution in [1.82, 2.24) is 4.57 Å². The van der Waals surface area contributed by atoms with Gasteiger partial charge in [0.25, 0.3) is 0 Å². The number of hydrogen-bond donors (Lipinski definition) is 1. The Hall–Kier alpha value is -2.09. The van der Waals surface area contributed by atoms with Crippen molar-refractivity contribution < 1.29 is 0 Å². The lowest BCUT2D eigenvalue weighted by Crippen LogP contribution is -2.10. The van der Waals surface area contributed by atoms with Crippen molar-refractivity contribution in [3.63, 3.8) is 0 Å². The average Bonchev–Trinajstić information content (AvgIpc) is 2.77. The fourth-order valence-corrected chi connectivity index (χ4v) is 2.21. The smallest absolute Gasteiger partial charge is 0.114 e. The van der Waals surface area contributed by atoms with Crippen LogP contribution in [-0.4, -0.2) is 9.56 Å². The third-order valence-corrected chi connectivity index (χ3v) is 3.41. The second-order valence-electron chi connectivity index (χ2n) is 4.25. The fourth-order valence-electron chi connectivity index (χ4n) is 1.92. The van der Waals surface area contributed by atoms with Crippen LogP contribution in [0.1, 0.15) is 5.69 Å². The van der Waals surface area contributed by atoms with Crippen LogP contribution in [-0.2, 0) is 7.05 Å². The Morgan fingerprint density at radius 1 is 1.40 bits per heavy atom. The van der Waals surface area contributed by atoms with Crippen molar-refractivity contribution in [1.29, 1.82) is 5.26 Å². The summed E-state index contributed by atoms with van der Waals surface area (Å²) in [4.78, 5) is 0.0954. The lowest BCUT2D eigenvalue weighted by molar-refractivity contribution is 0.924. The molecule has 1 aromatic heterocycles. The molecule has 0 fully saturated rings. The van der Waals surface area contributed by atoms with Crippen LogP contribution in [0.15, 0.2) is 42.0 Å². The highest BCUT2D eigenvalue weighted by Gasteiger charge is 2.07. The Kier molecular flexibility index (Phi) is 4.23. The highest BCUT2D eigenvalue weighted by atomic mass is 35.5. The number of halogens is 1. The summed E-state index contributed by atoms with van der Waals surface area (Å²) in [5.41, 5.74) is 8.65. The van der Waals surface area contributed by atoms with Gasteiger partial charge in [0.2, 0.25) is 0 Å². The summed E-state index contributed by atoms with van der Waals surface area (Å²) in [6, 6.07) is 13.5. The molecule has 0 saturated carbocycles. The molecule has 0 aliphatic rings. The van der Waals surface area contributed by atoms with Crippen LogP contribution >= 0.6 is 23.8 Å². The Bertz CT molecular complexity index is 738. The van der Waals surface area contributed by atoms with Gasteiger partial charge in [0.15, 0.2) is 0 Å². The van der Waals surface area contributed by atoms with E-state index in [0.717, 1.165) is 17.0 Å². The van der Waals surface area contributed by atoms with Crippen molar-refractivity contribution in [3.8, 4) is 17.3 Å². The number of benzene rings is 1. The molecule has 0 unspecified atom stereocenters. The maximum atomic E-state index is 9.00. The maximum Gasteiger partial charge on any atom is 0.114 e. The first-order valence-electron chi connectivity index (χ1n) is 5.86. The molecule has 0 bridgehead atoms. The molecule has 2 aromatic rings. The third kappa shape index (κ3) is 2.90. The largest absolute Gasteiger partial charge is 0.389 e. The van der Waals surface area contributed by atoms with E-state index >= 15 is 0 Å². The summed E-state index contributed by atoms with van der Waals surface area (Å²) in [6.07, 6.45) is 1.68. The van der Waals surface area contributed by atoms with Crippen LogP contribution in [0.3, 0.4) is 0 Å². The second kappa shape index (κ2) is 5.91. The summed E-state index contributed by atoms with van der Waals surface area (Å²) in [5, 5.41) is 9.68. The average molecular weight is 302 g/mol. The molecule has 5 heteroatoms. The molecular formula is C15H12ClN3S. The summed E-state index contributed by atoms with van der Waals surface area (Å²) in [6.45, 7) is 0. The van der Waals surface area contributed by atoms with E-state index in [2.05, 4.69) is 0 Å². The Morgan fingerprint density at radius 3 is 2.75 bits per heavy atom. The lowest BCUT2D eigenvalue weighted by Gasteiger charge is -2.06. The Balaban J connectivity index is 2.47. The molecule has 20 heavy (non-hydrogen) atoms. The zero-order chi connectivity index (χ0) is 14.7. The summed E-state index contributed by atoms with van der Waals surface area (Å²) >= 11 is 10.8. The predicted octanol–water partition coefficient (Wildman–Crippen LogP) is 3.54. The maximum absolute atomic E-state index is 9.00. The van der Waals surface area contributed by atoms with Crippen molar-refractivity contribution in [2.24, 2.45) is 12.8 Å². The van der Waals surface area contributed by atoms with E-state index in [1.165, 1.54) is 0 Å². The van der Waals surface area contributed by atoms with Crippen LogP contribution in [0.5, 0.6) is 0 Å². The first-order valence-corrected chi connectivity index (χ1v) is 6.65. The van der Waals surface area contributed by atoms with Gasteiger partial charge in [0.05, 0.1) is 5.57 Å². The summed E-state index contributed by atoms with van der Waals surface area (Å²) in [5.74, 6) is 0. The van der Waals surface area contributed by atoms with Gasteiger partial charge in [-0.25, -0.2) is 0 Å². The first kappa shape index (κ1) is 14.3. The molecule has 0 saturated heterocycles. The van der Waals surface area contributed by atoms with E-state index in [9.17, 15) is 0 Å². The van der Waals surface area contributed by atoms with E-state index in [-0.39, 0.29) is 4.99 Å². The molecule has 100 valence electrons. The number of hydrogen-bond acceptors (Lipinski definition) is 2. The molecule has 2 rings (SSSR count). The van der Waals surface area contributed by atoms with E-state index in [1.54, 1.807) is 6.08 Å². The molecule has 3 nitrogen and oxygen atoms in total. The zero-order valence-electron chi connectivity index (χ0n) is 10.8. The van der Waals surface area contributed by atoms with Gasteiger partial charge in [-0.15, -0.1) is 0 Å². The molecule has 0 atom stereocenters. The van der Waals surface area contributed by atoms with E-state index in [0.29, 0.717) is 10.6 Å². The monoisotopic (exact) mass is 301 g/mol. The zero-order valence-corrected chi connectivity index (χ0v) is 12.4. The number of aromatic nitrogens is 1. The SMILES string of the molecule is Cn1c(C=C(C#N)C(N)=S)ccc1-c1cccc(Cl)c1. The standard InChI is InChI=1S/C15H12ClN3S/c1-19-13(8-11(9-17)15(18)20)5-6-14(19)10-3-2-4-12(16)7-10/h2-8H,1H3,(H2,18,20). The highest BCUT2D eigenvalue weighted by molar-refractivity contribution is 7.80. The molecule has 2 N–H and O–H groups in total. The van der Waals surface area contributed by atoms with Crippen LogP contribution in [0, 0.1) is 11.3 Å². The van der Waals surface area contributed by atoms with Gasteiger partial charge >= 0.3 is 0 Å². The van der Waals surface area contributed by atoms with Gasteiger partial charge in [0.1, 0.15) is 11.1 Å². The van der Waals surface area contributed by atoms with Gasteiger partial charge < -0.3 is 10.3 Å². The fraction of sp³-hybridized carbons (Fsp3) is 0.0667. The predicted molar refractivity (Wildman–Crippen MR) is 86.2 cm³/mol. The Labute approximate surface area is 127 Å². The first-order chi connectivity index (χ1) is 9.52. The summed E-state index contributed by atoms with van der Waals surface area (Å²) in [7, 11) is 1.91. The van der Waals surface area contributed by atoms with Crippen LogP contribution in [0.25, 0.3) is 17.3 Å². The minimum Gasteiger partial charge on any atom is -0.389 e. The van der Waals surface area contributed by atoms with Gasteiger partial charge in [-0.1, -0.05) is 36.0 Å². The van der Waals surface area contributed by atoms with Crippen LogP contribution < -0.4 is 5.73 Å². The number of nitrogens with zero attached hydrogens (tertiary/aromatic N) is 2. The van der Waals surface area contributed by atoms with E-state index < -0.39 is 0 Å². The number of rotatable bonds is 3. The molecule has 0 aliphatic heterocycles. The van der Waals surface area contributed by atoms with Crippen molar-refractivity contribution in [2.75, 3.05) is 0 Å². The second-order valence-corrected chi connectivity index (χ2v) is 5.12. The van der Waals surface area contributed by atoms with Gasteiger partial charge in [0, 0.05) is 23.5 Å². The van der Waals surface area contributed by atoms with Gasteiger partial charge in [-0.3, -0.25) is 0 Å². The molecule has 0 aliphatic carbocycles. The van der Waals surface area contributed by atoms with Crippen molar-refractivity contribution in [3.05, 3.63) is 52.7 Å². The van der Waals surface area contributed by atoms with Crippen molar-refractivity contribution >= 4 is 34.9 Å². The van der Waals surface area contributed by atoms with Crippen LogP contribution in [0.2, 0.25) is 5.02 Å². The third-order valence-electron chi connectivity index (χ3n) is 2.96. The molecule has 1 heterocycles. The topological polar surface area (TPSA) is 54.7 Å². The van der Waals surface area contributed by atoms with E-state index in [4.69, 9.17) is 34.8 Å². The quantitative estimate of drug-likeness (QED) is 0.536. The van der Waals surface area contributed by atoms with Gasteiger partial charge in [-0.2, -0.15) is 5.26 Å².